The van der Waals surface area contributed by atoms with Crippen molar-refractivity contribution in [3.63, 3.8) is 0 Å². The molecule has 3 aromatic carbocycles. The number of fused-ring (bicyclic) bond motifs is 1. The molecule has 1 heterocycles. The highest BCUT2D eigenvalue weighted by Gasteiger charge is 2.27. The van der Waals surface area contributed by atoms with Crippen molar-refractivity contribution in [2.45, 2.75) is 18.4 Å². The summed E-state index contributed by atoms with van der Waals surface area (Å²) in [5.74, 6) is -0.288. The number of nitrogens with zero attached hydrogens (tertiary/aromatic N) is 1. The molecule has 1 N–H and O–H groups in total. The van der Waals surface area contributed by atoms with Crippen molar-refractivity contribution >= 4 is 46.9 Å². The number of aryl methyl sites for hydroxylation is 1. The van der Waals surface area contributed by atoms with Crippen LogP contribution in [0.1, 0.15) is 27.0 Å². The standard InChI is InChI=1S/C25H21ClN2O2S/c1-16-6-8-17(9-7-16)15-27-24(29)19-10-11-22-21(14-19)28(2)25(30)23(31-22)13-18-4-3-5-20(26)12-18/h3-14H,15H2,1-2H3,(H,27,29)/b23-13-. The smallest absolute Gasteiger partial charge is 0.264 e. The Labute approximate surface area is 190 Å². The number of thioether (sulfide) groups is 1. The summed E-state index contributed by atoms with van der Waals surface area (Å²) in [4.78, 5) is 28.7. The van der Waals surface area contributed by atoms with E-state index in [1.807, 2.05) is 61.5 Å². The first-order valence-corrected chi connectivity index (χ1v) is 11.0. The Kier molecular flexibility index (Phi) is 6.16. The second-order valence-electron chi connectivity index (χ2n) is 7.38. The molecule has 1 aliphatic heterocycles. The van der Waals surface area contributed by atoms with E-state index in [1.165, 1.54) is 17.3 Å². The first-order valence-electron chi connectivity index (χ1n) is 9.82. The summed E-state index contributed by atoms with van der Waals surface area (Å²) in [6.45, 7) is 2.48. The molecule has 2 amide bonds. The van der Waals surface area contributed by atoms with Gasteiger partial charge in [-0.2, -0.15) is 0 Å². The molecular weight excluding hydrogens is 428 g/mol. The predicted molar refractivity (Wildman–Crippen MR) is 127 cm³/mol. The SMILES string of the molecule is Cc1ccc(CNC(=O)c2ccc3c(c2)N(C)C(=O)/C(=C/c2cccc(Cl)c2)S3)cc1. The molecule has 1 aliphatic rings. The molecule has 0 saturated heterocycles. The van der Waals surface area contributed by atoms with Gasteiger partial charge in [0.25, 0.3) is 11.8 Å². The summed E-state index contributed by atoms with van der Waals surface area (Å²) in [6, 6.07) is 20.9. The normalized spacial score (nSPS) is 14.5. The summed E-state index contributed by atoms with van der Waals surface area (Å²) in [6.07, 6.45) is 1.83. The summed E-state index contributed by atoms with van der Waals surface area (Å²) in [5, 5.41) is 3.56. The Hall–Kier alpha value is -3.02. The number of carbonyl (C=O) groups excluding carboxylic acids is 2. The van der Waals surface area contributed by atoms with Gasteiger partial charge in [-0.05, 0) is 54.5 Å². The van der Waals surface area contributed by atoms with Crippen molar-refractivity contribution in [3.05, 3.63) is 98.9 Å². The van der Waals surface area contributed by atoms with Gasteiger partial charge in [0.05, 0.1) is 10.6 Å². The fourth-order valence-electron chi connectivity index (χ4n) is 3.27. The molecule has 0 aliphatic carbocycles. The molecule has 156 valence electrons. The molecule has 3 aromatic rings. The Bertz CT molecular complexity index is 1190. The average molecular weight is 449 g/mol. The van der Waals surface area contributed by atoms with Gasteiger partial charge in [-0.25, -0.2) is 0 Å². The number of likely N-dealkylation sites (N-methyl/N-ethyl adjacent to an activating group) is 1. The fraction of sp³-hybridized carbons (Fsp3) is 0.120. The van der Waals surface area contributed by atoms with Crippen molar-refractivity contribution in [1.82, 2.24) is 5.32 Å². The number of anilines is 1. The van der Waals surface area contributed by atoms with Crippen LogP contribution >= 0.6 is 23.4 Å². The van der Waals surface area contributed by atoms with E-state index in [1.54, 1.807) is 30.1 Å². The maximum atomic E-state index is 12.9. The van der Waals surface area contributed by atoms with E-state index < -0.39 is 0 Å². The van der Waals surface area contributed by atoms with Gasteiger partial charge in [-0.15, -0.1) is 0 Å². The van der Waals surface area contributed by atoms with Gasteiger partial charge in [-0.1, -0.05) is 65.3 Å². The number of rotatable bonds is 4. The highest BCUT2D eigenvalue weighted by atomic mass is 35.5. The van der Waals surface area contributed by atoms with Crippen LogP contribution in [0.4, 0.5) is 5.69 Å². The summed E-state index contributed by atoms with van der Waals surface area (Å²) in [7, 11) is 1.72. The van der Waals surface area contributed by atoms with Crippen LogP contribution in [0.15, 0.2) is 76.5 Å². The largest absolute Gasteiger partial charge is 0.348 e. The van der Waals surface area contributed by atoms with Crippen LogP contribution in [0, 0.1) is 6.92 Å². The van der Waals surface area contributed by atoms with Gasteiger partial charge < -0.3 is 10.2 Å². The van der Waals surface area contributed by atoms with Crippen molar-refractivity contribution < 1.29 is 9.59 Å². The van der Waals surface area contributed by atoms with Crippen LogP contribution in [0.3, 0.4) is 0 Å². The minimum atomic E-state index is -0.172. The van der Waals surface area contributed by atoms with E-state index in [9.17, 15) is 9.59 Å². The summed E-state index contributed by atoms with van der Waals surface area (Å²) in [5.41, 5.74) is 4.33. The lowest BCUT2D eigenvalue weighted by atomic mass is 10.1. The number of carbonyl (C=O) groups is 2. The molecule has 4 rings (SSSR count). The zero-order chi connectivity index (χ0) is 22.0. The van der Waals surface area contributed by atoms with Gasteiger partial charge in [0, 0.05) is 29.1 Å². The second-order valence-corrected chi connectivity index (χ2v) is 8.90. The Morgan fingerprint density at radius 2 is 1.87 bits per heavy atom. The molecule has 0 atom stereocenters. The zero-order valence-electron chi connectivity index (χ0n) is 17.2. The van der Waals surface area contributed by atoms with Gasteiger partial charge in [0.2, 0.25) is 0 Å². The second kappa shape index (κ2) is 9.00. The Morgan fingerprint density at radius 3 is 2.61 bits per heavy atom. The fourth-order valence-corrected chi connectivity index (χ4v) is 4.56. The molecule has 31 heavy (non-hydrogen) atoms. The van der Waals surface area contributed by atoms with E-state index in [4.69, 9.17) is 11.6 Å². The lowest BCUT2D eigenvalue weighted by molar-refractivity contribution is -0.114. The average Bonchev–Trinajstić information content (AvgIpc) is 2.76. The van der Waals surface area contributed by atoms with Crippen LogP contribution in [0.2, 0.25) is 5.02 Å². The third kappa shape index (κ3) is 4.84. The number of hydrogen-bond acceptors (Lipinski definition) is 3. The summed E-state index contributed by atoms with van der Waals surface area (Å²) < 4.78 is 0. The van der Waals surface area contributed by atoms with E-state index in [0.717, 1.165) is 21.7 Å². The van der Waals surface area contributed by atoms with Crippen molar-refractivity contribution in [2.24, 2.45) is 0 Å². The molecule has 0 aromatic heterocycles. The molecule has 0 unspecified atom stereocenters. The molecule has 0 spiro atoms. The first-order chi connectivity index (χ1) is 14.9. The van der Waals surface area contributed by atoms with Gasteiger partial charge >= 0.3 is 0 Å². The monoisotopic (exact) mass is 448 g/mol. The van der Waals surface area contributed by atoms with Gasteiger partial charge in [-0.3, -0.25) is 9.59 Å². The quantitative estimate of drug-likeness (QED) is 0.522. The maximum absolute atomic E-state index is 12.9. The Balaban J connectivity index is 1.53. The predicted octanol–water partition coefficient (Wildman–Crippen LogP) is 5.69. The van der Waals surface area contributed by atoms with E-state index >= 15 is 0 Å². The number of halogens is 1. The lowest BCUT2D eigenvalue weighted by Gasteiger charge is -2.27. The minimum absolute atomic E-state index is 0.116. The molecule has 4 nitrogen and oxygen atoms in total. The van der Waals surface area contributed by atoms with Gasteiger partial charge in [0.15, 0.2) is 0 Å². The van der Waals surface area contributed by atoms with E-state index in [-0.39, 0.29) is 11.8 Å². The van der Waals surface area contributed by atoms with Gasteiger partial charge in [0.1, 0.15) is 0 Å². The van der Waals surface area contributed by atoms with Crippen molar-refractivity contribution in [1.29, 1.82) is 0 Å². The number of amides is 2. The molecule has 0 saturated carbocycles. The van der Waals surface area contributed by atoms with Crippen LogP contribution < -0.4 is 10.2 Å². The third-order valence-corrected chi connectivity index (χ3v) is 6.35. The van der Waals surface area contributed by atoms with Crippen LogP contribution in [0.5, 0.6) is 0 Å². The zero-order valence-corrected chi connectivity index (χ0v) is 18.8. The van der Waals surface area contributed by atoms with Crippen LogP contribution in [-0.4, -0.2) is 18.9 Å². The molecule has 6 heteroatoms. The van der Waals surface area contributed by atoms with E-state index in [0.29, 0.717) is 22.0 Å². The minimum Gasteiger partial charge on any atom is -0.348 e. The molecule has 0 fully saturated rings. The number of nitrogens with one attached hydrogen (secondary N) is 1. The third-order valence-electron chi connectivity index (χ3n) is 5.04. The number of hydrogen-bond donors (Lipinski definition) is 1. The number of benzene rings is 3. The Morgan fingerprint density at radius 1 is 1.10 bits per heavy atom. The highest BCUT2D eigenvalue weighted by molar-refractivity contribution is 8.04. The van der Waals surface area contributed by atoms with Crippen molar-refractivity contribution in [3.8, 4) is 0 Å². The highest BCUT2D eigenvalue weighted by Crippen LogP contribution is 2.42. The van der Waals surface area contributed by atoms with Crippen LogP contribution in [-0.2, 0) is 11.3 Å². The molecular formula is C25H21ClN2O2S. The molecule has 0 bridgehead atoms. The first kappa shape index (κ1) is 21.2. The maximum Gasteiger partial charge on any atom is 0.264 e. The summed E-state index contributed by atoms with van der Waals surface area (Å²) >= 11 is 7.45. The topological polar surface area (TPSA) is 49.4 Å². The van der Waals surface area contributed by atoms with E-state index in [2.05, 4.69) is 5.32 Å². The van der Waals surface area contributed by atoms with Crippen molar-refractivity contribution in [2.75, 3.05) is 11.9 Å². The molecule has 0 radical (unpaired) electrons. The van der Waals surface area contributed by atoms with Crippen LogP contribution in [0.25, 0.3) is 6.08 Å². The lowest BCUT2D eigenvalue weighted by Crippen LogP contribution is -2.31.